The Balaban J connectivity index is 0.00000102. The molecule has 0 fully saturated rings. The number of nitrogens with two attached hydrogens (primary N) is 1. The Bertz CT molecular complexity index is 539. The summed E-state index contributed by atoms with van der Waals surface area (Å²) >= 11 is 0. The first-order valence-corrected chi connectivity index (χ1v) is 7.31. The molecule has 0 amide bonds. The van der Waals surface area contributed by atoms with E-state index < -0.39 is 0 Å². The molecule has 7 heteroatoms. The zero-order chi connectivity index (χ0) is 17.1. The predicted molar refractivity (Wildman–Crippen MR) is 88.7 cm³/mol. The number of ether oxygens (including phenoxy) is 1. The summed E-state index contributed by atoms with van der Waals surface area (Å²) in [6.45, 7) is 6.73. The van der Waals surface area contributed by atoms with Gasteiger partial charge in [0.1, 0.15) is 17.8 Å². The summed E-state index contributed by atoms with van der Waals surface area (Å²) in [5, 5.41) is 17.0. The molecule has 22 heavy (non-hydrogen) atoms. The minimum Gasteiger partial charge on any atom is -0.400 e. The number of hydrogen-bond acceptors (Lipinski definition) is 6. The van der Waals surface area contributed by atoms with Crippen LogP contribution in [0.4, 0.5) is 5.82 Å². The number of aromatic nitrogens is 3. The van der Waals surface area contributed by atoms with Crippen molar-refractivity contribution in [1.29, 1.82) is 0 Å². The van der Waals surface area contributed by atoms with Crippen molar-refractivity contribution in [2.24, 2.45) is 0 Å². The zero-order valence-corrected chi connectivity index (χ0v) is 14.1. The Kier molecular flexibility index (Phi) is 10.1. The molecule has 0 aromatic carbocycles. The zero-order valence-electron chi connectivity index (χ0n) is 14.1. The lowest BCUT2D eigenvalue weighted by Gasteiger charge is -2.12. The number of fused-ring (bicyclic) bond motifs is 1. The number of aliphatic hydroxyl groups is 2. The summed E-state index contributed by atoms with van der Waals surface area (Å²) in [4.78, 5) is 8.26. The molecule has 2 aromatic rings. The number of rotatable bonds is 5. The van der Waals surface area contributed by atoms with Crippen LogP contribution in [0.5, 0.6) is 0 Å². The lowest BCUT2D eigenvalue weighted by Crippen LogP contribution is -2.18. The van der Waals surface area contributed by atoms with Crippen LogP contribution in [0.25, 0.3) is 11.0 Å². The maximum Gasteiger partial charge on any atom is 0.145 e. The highest BCUT2D eigenvalue weighted by molar-refractivity contribution is 5.89. The molecule has 2 rings (SSSR count). The number of nitrogens with zero attached hydrogens (tertiary/aromatic N) is 3. The topological polar surface area (TPSA) is 106 Å². The van der Waals surface area contributed by atoms with E-state index in [0.29, 0.717) is 5.82 Å². The third-order valence-corrected chi connectivity index (χ3v) is 3.10. The van der Waals surface area contributed by atoms with Gasteiger partial charge in [-0.25, -0.2) is 9.97 Å². The van der Waals surface area contributed by atoms with Gasteiger partial charge in [0.05, 0.1) is 18.1 Å². The second-order valence-corrected chi connectivity index (χ2v) is 4.29. The fourth-order valence-electron chi connectivity index (χ4n) is 2.08. The second kappa shape index (κ2) is 10.9. The fraction of sp³-hybridized carbons (Fsp3) is 0.600. The van der Waals surface area contributed by atoms with E-state index in [0.717, 1.165) is 36.7 Å². The van der Waals surface area contributed by atoms with Crippen LogP contribution in [0.15, 0.2) is 12.5 Å². The number of methoxy groups -OCH3 is 1. The van der Waals surface area contributed by atoms with Gasteiger partial charge in [0.25, 0.3) is 0 Å². The third-order valence-electron chi connectivity index (χ3n) is 3.10. The van der Waals surface area contributed by atoms with E-state index in [-0.39, 0.29) is 12.7 Å². The molecular weight excluding hydrogens is 284 g/mol. The Hall–Kier alpha value is -1.70. The van der Waals surface area contributed by atoms with Gasteiger partial charge in [-0.2, -0.15) is 0 Å². The molecule has 2 aromatic heterocycles. The van der Waals surface area contributed by atoms with E-state index in [9.17, 15) is 0 Å². The van der Waals surface area contributed by atoms with Crippen LogP contribution in [0.1, 0.15) is 25.8 Å². The molecule has 0 radical (unpaired) electrons. The lowest BCUT2D eigenvalue weighted by atomic mass is 10.2. The van der Waals surface area contributed by atoms with Gasteiger partial charge in [-0.3, -0.25) is 0 Å². The Labute approximate surface area is 131 Å². The average molecular weight is 312 g/mol. The molecule has 0 saturated carbocycles. The molecule has 0 aliphatic heterocycles. The molecule has 1 atom stereocenters. The summed E-state index contributed by atoms with van der Waals surface area (Å²) in [7, 11) is 2.60. The summed E-state index contributed by atoms with van der Waals surface area (Å²) < 4.78 is 7.16. The Morgan fingerprint density at radius 1 is 1.32 bits per heavy atom. The molecule has 4 N–H and O–H groups in total. The van der Waals surface area contributed by atoms with Crippen molar-refractivity contribution in [3.05, 3.63) is 18.1 Å². The minimum absolute atomic E-state index is 0.0196. The van der Waals surface area contributed by atoms with Crippen molar-refractivity contribution in [2.75, 3.05) is 26.6 Å². The van der Waals surface area contributed by atoms with Crippen molar-refractivity contribution in [1.82, 2.24) is 14.5 Å². The average Bonchev–Trinajstić information content (AvgIpc) is 2.90. The number of nitrogen functional groups attached to an aromatic ring is 1. The molecule has 7 nitrogen and oxygen atoms in total. The monoisotopic (exact) mass is 312 g/mol. The fourth-order valence-corrected chi connectivity index (χ4v) is 2.08. The summed E-state index contributed by atoms with van der Waals surface area (Å²) in [6, 6.07) is 0. The molecule has 1 unspecified atom stereocenters. The standard InChI is InChI=1S/C12H18N4O2.C2H6.CH4O/c1-8-5-16(4-3-9(6-17)18-2)12-10(8)11(13)14-7-15-12;2*1-2/h5,7,9,17H,3-4,6H2,1-2H3,(H2,13,14,15);1-2H3;2H,1H3. The first-order valence-electron chi connectivity index (χ1n) is 7.31. The quantitative estimate of drug-likeness (QED) is 0.769. The molecule has 0 aliphatic rings. The first kappa shape index (κ1) is 20.3. The van der Waals surface area contributed by atoms with Crippen LogP contribution in [0.3, 0.4) is 0 Å². The third kappa shape index (κ3) is 4.94. The van der Waals surface area contributed by atoms with Gasteiger partial charge in [0.2, 0.25) is 0 Å². The molecule has 0 saturated heterocycles. The largest absolute Gasteiger partial charge is 0.400 e. The lowest BCUT2D eigenvalue weighted by molar-refractivity contribution is 0.0405. The maximum atomic E-state index is 9.09. The number of hydrogen-bond donors (Lipinski definition) is 3. The number of anilines is 1. The molecule has 0 aliphatic carbocycles. The minimum atomic E-state index is -0.151. The van der Waals surface area contributed by atoms with Crippen molar-refractivity contribution in [3.8, 4) is 0 Å². The van der Waals surface area contributed by atoms with Crippen LogP contribution < -0.4 is 5.73 Å². The highest BCUT2D eigenvalue weighted by Crippen LogP contribution is 2.23. The highest BCUT2D eigenvalue weighted by atomic mass is 16.5. The molecular formula is C15H28N4O3. The van der Waals surface area contributed by atoms with Crippen LogP contribution in [0.2, 0.25) is 0 Å². The van der Waals surface area contributed by atoms with E-state index in [1.165, 1.54) is 6.33 Å². The normalized spacial score (nSPS) is 11.2. The van der Waals surface area contributed by atoms with Gasteiger partial charge in [-0.15, -0.1) is 0 Å². The van der Waals surface area contributed by atoms with Crippen molar-refractivity contribution < 1.29 is 14.9 Å². The summed E-state index contributed by atoms with van der Waals surface area (Å²) in [6.07, 6.45) is 4.04. The predicted octanol–water partition coefficient (Wildman–Crippen LogP) is 1.35. The van der Waals surface area contributed by atoms with Gasteiger partial charge < -0.3 is 25.3 Å². The van der Waals surface area contributed by atoms with Crippen LogP contribution in [-0.2, 0) is 11.3 Å². The molecule has 2 heterocycles. The smallest absolute Gasteiger partial charge is 0.145 e. The second-order valence-electron chi connectivity index (χ2n) is 4.29. The highest BCUT2D eigenvalue weighted by Gasteiger charge is 2.12. The molecule has 0 spiro atoms. The van der Waals surface area contributed by atoms with Crippen LogP contribution >= 0.6 is 0 Å². The SMILES string of the molecule is CC.CO.COC(CO)CCn1cc(C)c2c(N)ncnc21. The van der Waals surface area contributed by atoms with E-state index in [1.807, 2.05) is 31.5 Å². The van der Waals surface area contributed by atoms with E-state index in [2.05, 4.69) is 9.97 Å². The number of aryl methyl sites for hydroxylation is 2. The summed E-state index contributed by atoms with van der Waals surface area (Å²) in [5.74, 6) is 0.502. The van der Waals surface area contributed by atoms with Gasteiger partial charge >= 0.3 is 0 Å². The first-order chi connectivity index (χ1) is 10.7. The van der Waals surface area contributed by atoms with Gasteiger partial charge in [-0.05, 0) is 18.9 Å². The molecule has 0 bridgehead atoms. The number of aliphatic hydroxyl groups excluding tert-OH is 2. The van der Waals surface area contributed by atoms with Gasteiger partial charge in [0, 0.05) is 27.0 Å². The van der Waals surface area contributed by atoms with Gasteiger partial charge in [0.15, 0.2) is 0 Å². The van der Waals surface area contributed by atoms with E-state index in [1.54, 1.807) is 7.11 Å². The van der Waals surface area contributed by atoms with E-state index >= 15 is 0 Å². The van der Waals surface area contributed by atoms with Crippen molar-refractivity contribution in [3.63, 3.8) is 0 Å². The van der Waals surface area contributed by atoms with E-state index in [4.69, 9.17) is 20.7 Å². The van der Waals surface area contributed by atoms with Crippen LogP contribution in [0, 0.1) is 6.92 Å². The van der Waals surface area contributed by atoms with Crippen LogP contribution in [-0.4, -0.2) is 51.7 Å². The summed E-state index contributed by atoms with van der Waals surface area (Å²) in [5.41, 5.74) is 7.73. The Morgan fingerprint density at radius 3 is 2.50 bits per heavy atom. The Morgan fingerprint density at radius 2 is 1.95 bits per heavy atom. The van der Waals surface area contributed by atoms with Crippen molar-refractivity contribution >= 4 is 16.9 Å². The van der Waals surface area contributed by atoms with Gasteiger partial charge in [-0.1, -0.05) is 13.8 Å². The maximum absolute atomic E-state index is 9.09. The van der Waals surface area contributed by atoms with Crippen molar-refractivity contribution in [2.45, 2.75) is 39.8 Å². The molecule has 126 valence electrons.